The van der Waals surface area contributed by atoms with Crippen LogP contribution in [-0.4, -0.2) is 51.4 Å². The highest BCUT2D eigenvalue weighted by molar-refractivity contribution is 7.85. The van der Waals surface area contributed by atoms with Crippen LogP contribution in [0.15, 0.2) is 40.9 Å². The lowest BCUT2D eigenvalue weighted by Crippen LogP contribution is -2.46. The van der Waals surface area contributed by atoms with Gasteiger partial charge in [-0.15, -0.1) is 0 Å². The first kappa shape index (κ1) is 22.8. The summed E-state index contributed by atoms with van der Waals surface area (Å²) in [5, 5.41) is 4.30. The van der Waals surface area contributed by atoms with Crippen LogP contribution in [0.1, 0.15) is 11.5 Å². The van der Waals surface area contributed by atoms with E-state index in [-0.39, 0.29) is 5.89 Å². The molecule has 0 unspecified atom stereocenters. The van der Waals surface area contributed by atoms with Crippen molar-refractivity contribution in [3.8, 4) is 22.9 Å². The Morgan fingerprint density at radius 1 is 1.06 bits per heavy atom. The van der Waals surface area contributed by atoms with Crippen LogP contribution in [0, 0.1) is 0 Å². The zero-order valence-corrected chi connectivity index (χ0v) is 18.8. The lowest BCUT2D eigenvalue weighted by molar-refractivity contribution is 0.355. The number of methoxy groups -OCH3 is 2. The van der Waals surface area contributed by atoms with Crippen LogP contribution >= 0.6 is 11.6 Å². The predicted molar refractivity (Wildman–Crippen MR) is 117 cm³/mol. The molecule has 0 bridgehead atoms. The lowest BCUT2D eigenvalue weighted by Gasteiger charge is -2.30. The zero-order chi connectivity index (χ0) is 22.8. The Hall–Kier alpha value is -2.92. The second kappa shape index (κ2) is 8.67. The van der Waals surface area contributed by atoms with Crippen molar-refractivity contribution in [1.29, 1.82) is 0 Å². The summed E-state index contributed by atoms with van der Waals surface area (Å²) in [5.41, 5.74) is 1.58. The molecule has 3 aromatic rings. The highest BCUT2D eigenvalue weighted by Crippen LogP contribution is 2.38. The smallest absolute Gasteiger partial charge is 0.258 e. The van der Waals surface area contributed by atoms with Gasteiger partial charge in [0.15, 0.2) is 11.5 Å². The van der Waals surface area contributed by atoms with Crippen molar-refractivity contribution in [3.05, 3.63) is 52.9 Å². The molecule has 1 aromatic heterocycles. The van der Waals surface area contributed by atoms with E-state index in [0.29, 0.717) is 39.2 Å². The van der Waals surface area contributed by atoms with Gasteiger partial charge in [-0.05, 0) is 35.9 Å². The van der Waals surface area contributed by atoms with Gasteiger partial charge in [0.05, 0.1) is 33.3 Å². The standard InChI is InChI=1S/C20H20ClN3O6S/c1-24(2,31(25,26)27)15-9-5-14(6-10-15)20-22-17(30-23-20)12-8-13-7-11-16(28-3)19(29-4)18(13)21/h5-12H,1-4H3/b12-8+. The maximum atomic E-state index is 11.4. The molecule has 11 heteroatoms. The lowest BCUT2D eigenvalue weighted by atomic mass is 10.2. The third-order valence-electron chi connectivity index (χ3n) is 4.67. The van der Waals surface area contributed by atoms with Crippen molar-refractivity contribution in [2.24, 2.45) is 0 Å². The van der Waals surface area contributed by atoms with Crippen molar-refractivity contribution in [1.82, 2.24) is 14.0 Å². The van der Waals surface area contributed by atoms with E-state index in [4.69, 9.17) is 25.6 Å². The van der Waals surface area contributed by atoms with Gasteiger partial charge in [0, 0.05) is 23.8 Å². The molecule has 0 saturated heterocycles. The van der Waals surface area contributed by atoms with Gasteiger partial charge in [-0.3, -0.25) is 0 Å². The van der Waals surface area contributed by atoms with Crippen molar-refractivity contribution in [3.63, 3.8) is 0 Å². The van der Waals surface area contributed by atoms with E-state index >= 15 is 0 Å². The molecule has 0 aliphatic heterocycles. The topological polar surface area (TPSA) is 115 Å². The van der Waals surface area contributed by atoms with E-state index in [0.717, 1.165) is 0 Å². The fraction of sp³-hybridized carbons (Fsp3) is 0.200. The van der Waals surface area contributed by atoms with E-state index in [2.05, 4.69) is 10.1 Å². The van der Waals surface area contributed by atoms with Gasteiger partial charge < -0.3 is 18.5 Å². The van der Waals surface area contributed by atoms with Gasteiger partial charge in [-0.25, -0.2) is 3.89 Å². The molecule has 1 heterocycles. The number of aromatic nitrogens is 2. The van der Waals surface area contributed by atoms with Gasteiger partial charge >= 0.3 is 0 Å². The minimum absolute atomic E-state index is 0.239. The molecule has 0 radical (unpaired) electrons. The minimum Gasteiger partial charge on any atom is -0.701 e. The normalized spacial score (nSPS) is 12.3. The van der Waals surface area contributed by atoms with Crippen LogP contribution < -0.4 is 13.4 Å². The Labute approximate surface area is 184 Å². The van der Waals surface area contributed by atoms with Crippen LogP contribution in [0.5, 0.6) is 11.5 Å². The first-order valence-electron chi connectivity index (χ1n) is 8.91. The zero-order valence-electron chi connectivity index (χ0n) is 17.2. The monoisotopic (exact) mass is 465 g/mol. The molecule has 0 aliphatic carbocycles. The van der Waals surface area contributed by atoms with Crippen LogP contribution in [0.2, 0.25) is 5.02 Å². The van der Waals surface area contributed by atoms with Gasteiger partial charge in [-0.1, -0.05) is 16.8 Å². The van der Waals surface area contributed by atoms with Crippen molar-refractivity contribution < 1.29 is 27.0 Å². The molecule has 2 aromatic carbocycles. The van der Waals surface area contributed by atoms with Crippen LogP contribution in [0.3, 0.4) is 0 Å². The average Bonchev–Trinajstić information content (AvgIpc) is 3.21. The molecular formula is C20H20ClN3O6S. The number of nitrogens with zero attached hydrogens (tertiary/aromatic N) is 3. The SMILES string of the molecule is COc1ccc(/C=C/c2nc(-c3ccc([N+](C)(C)S(=O)(=O)[O-])cc3)no2)c(Cl)c1OC. The number of hydrogen-bond donors (Lipinski definition) is 0. The summed E-state index contributed by atoms with van der Waals surface area (Å²) in [6, 6.07) is 9.78. The highest BCUT2D eigenvalue weighted by Gasteiger charge is 2.27. The predicted octanol–water partition coefficient (Wildman–Crippen LogP) is 3.60. The third kappa shape index (κ3) is 4.57. The largest absolute Gasteiger partial charge is 0.701 e. The molecule has 0 atom stereocenters. The summed E-state index contributed by atoms with van der Waals surface area (Å²) in [4.78, 5) is 4.29. The molecule has 0 amide bonds. The molecule has 164 valence electrons. The van der Waals surface area contributed by atoms with E-state index in [1.807, 2.05) is 0 Å². The highest BCUT2D eigenvalue weighted by atomic mass is 35.5. The first-order chi connectivity index (χ1) is 14.6. The van der Waals surface area contributed by atoms with Crippen LogP contribution in [-0.2, 0) is 10.3 Å². The molecular weight excluding hydrogens is 446 g/mol. The van der Waals surface area contributed by atoms with E-state index in [1.165, 1.54) is 40.4 Å². The summed E-state index contributed by atoms with van der Waals surface area (Å²) in [5.74, 6) is 1.47. The Morgan fingerprint density at radius 3 is 2.32 bits per heavy atom. The summed E-state index contributed by atoms with van der Waals surface area (Å²) in [6.07, 6.45) is 3.30. The minimum atomic E-state index is -4.57. The number of quaternary nitrogens is 1. The van der Waals surface area contributed by atoms with E-state index in [9.17, 15) is 13.0 Å². The summed E-state index contributed by atoms with van der Waals surface area (Å²) >= 11 is 6.35. The number of hydrogen-bond acceptors (Lipinski definition) is 8. The maximum Gasteiger partial charge on any atom is 0.258 e. The van der Waals surface area contributed by atoms with Crippen molar-refractivity contribution in [2.45, 2.75) is 0 Å². The van der Waals surface area contributed by atoms with E-state index < -0.39 is 14.2 Å². The summed E-state index contributed by atoms with van der Waals surface area (Å²) in [7, 11) is 1.05. The number of benzene rings is 2. The van der Waals surface area contributed by atoms with Gasteiger partial charge in [-0.2, -0.15) is 13.4 Å². The number of ether oxygens (including phenoxy) is 2. The van der Waals surface area contributed by atoms with Gasteiger partial charge in [0.1, 0.15) is 5.69 Å². The molecule has 0 saturated carbocycles. The van der Waals surface area contributed by atoms with Gasteiger partial charge in [0.25, 0.3) is 16.2 Å². The Morgan fingerprint density at radius 2 is 1.74 bits per heavy atom. The fourth-order valence-corrected chi connectivity index (χ4v) is 3.39. The second-order valence-electron chi connectivity index (χ2n) is 6.82. The van der Waals surface area contributed by atoms with Crippen molar-refractivity contribution in [2.75, 3.05) is 28.3 Å². The molecule has 0 fully saturated rings. The molecule has 0 spiro atoms. The van der Waals surface area contributed by atoms with Gasteiger partial charge in [0.2, 0.25) is 5.82 Å². The summed E-state index contributed by atoms with van der Waals surface area (Å²) < 4.78 is 49.2. The molecule has 31 heavy (non-hydrogen) atoms. The molecule has 9 nitrogen and oxygen atoms in total. The average molecular weight is 466 g/mol. The molecule has 0 N–H and O–H groups in total. The second-order valence-corrected chi connectivity index (χ2v) is 8.97. The van der Waals surface area contributed by atoms with Crippen molar-refractivity contribution >= 4 is 39.7 Å². The number of halogens is 1. The maximum absolute atomic E-state index is 11.4. The van der Waals surface area contributed by atoms with Crippen LogP contribution in [0.4, 0.5) is 5.69 Å². The fourth-order valence-electron chi connectivity index (χ4n) is 2.71. The Kier molecular flexibility index (Phi) is 6.37. The Balaban J connectivity index is 1.83. The number of rotatable bonds is 7. The van der Waals surface area contributed by atoms with E-state index in [1.54, 1.807) is 36.4 Å². The molecule has 0 aliphatic rings. The third-order valence-corrected chi connectivity index (χ3v) is 6.39. The molecule has 3 rings (SSSR count). The quantitative estimate of drug-likeness (QED) is 0.384. The Bertz CT molecular complexity index is 1220. The summed E-state index contributed by atoms with van der Waals surface area (Å²) in [6.45, 7) is 0. The van der Waals surface area contributed by atoms with Crippen LogP contribution in [0.25, 0.3) is 23.5 Å². The first-order valence-corrected chi connectivity index (χ1v) is 10.7.